The van der Waals surface area contributed by atoms with E-state index >= 15 is 0 Å². The second kappa shape index (κ2) is 4.50. The third kappa shape index (κ3) is 5.82. The van der Waals surface area contributed by atoms with Gasteiger partial charge in [0.15, 0.2) is 0 Å². The van der Waals surface area contributed by atoms with Crippen LogP contribution < -0.4 is 5.73 Å². The first-order valence-electron chi connectivity index (χ1n) is 3.48. The van der Waals surface area contributed by atoms with E-state index in [0.717, 1.165) is 6.42 Å². The Morgan fingerprint density at radius 1 is 1.50 bits per heavy atom. The van der Waals surface area contributed by atoms with Crippen molar-refractivity contribution in [3.8, 4) is 0 Å². The number of hydrogen-bond acceptors (Lipinski definition) is 2. The molecule has 0 bridgehead atoms. The number of ether oxygens (including phenoxy) is 1. The molecule has 3 heteroatoms. The van der Waals surface area contributed by atoms with E-state index in [9.17, 15) is 0 Å². The average molecular weight is 161 g/mol. The molecule has 0 rings (SSSR count). The number of rotatable bonds is 3. The summed E-state index contributed by atoms with van der Waals surface area (Å²) in [5, 5.41) is 0.146. The third-order valence-corrected chi connectivity index (χ3v) is 1.22. The monoisotopic (exact) mass is 161 g/mol. The van der Waals surface area contributed by atoms with E-state index in [2.05, 4.69) is 26.1 Å². The maximum atomic E-state index is 5.18. The van der Waals surface area contributed by atoms with Crippen LogP contribution in [0.4, 0.5) is 0 Å². The van der Waals surface area contributed by atoms with E-state index in [1.807, 2.05) is 6.92 Å². The van der Waals surface area contributed by atoms with Gasteiger partial charge < -0.3 is 10.5 Å². The van der Waals surface area contributed by atoms with Crippen molar-refractivity contribution in [2.24, 2.45) is 11.7 Å². The van der Waals surface area contributed by atoms with Gasteiger partial charge in [-0.2, -0.15) is 0 Å². The van der Waals surface area contributed by atoms with E-state index < -0.39 is 0 Å². The molecule has 0 amide bonds. The van der Waals surface area contributed by atoms with E-state index in [-0.39, 0.29) is 11.3 Å². The van der Waals surface area contributed by atoms with Crippen molar-refractivity contribution in [2.45, 2.75) is 33.3 Å². The van der Waals surface area contributed by atoms with Gasteiger partial charge in [0.2, 0.25) is 0 Å². The first-order valence-corrected chi connectivity index (χ1v) is 3.89. The molecule has 0 aromatic heterocycles. The second-order valence-corrected chi connectivity index (χ2v) is 3.28. The molecule has 2 N–H and O–H groups in total. The molecule has 0 radical (unpaired) electrons. The fourth-order valence-electron chi connectivity index (χ4n) is 0.910. The lowest BCUT2D eigenvalue weighted by Gasteiger charge is -2.14. The molecular weight excluding hydrogens is 146 g/mol. The highest BCUT2D eigenvalue weighted by Crippen LogP contribution is 2.06. The van der Waals surface area contributed by atoms with E-state index in [4.69, 9.17) is 10.5 Å². The molecule has 0 aliphatic rings. The summed E-state index contributed by atoms with van der Waals surface area (Å²) >= 11 is 4.58. The van der Waals surface area contributed by atoms with Crippen molar-refractivity contribution in [2.75, 3.05) is 0 Å². The topological polar surface area (TPSA) is 35.2 Å². The Hall–Kier alpha value is -0.310. The minimum atomic E-state index is 0.146. The third-order valence-electron chi connectivity index (χ3n) is 1.12. The van der Waals surface area contributed by atoms with Crippen LogP contribution >= 0.6 is 12.2 Å². The normalized spacial score (nSPS) is 13.2. The molecule has 0 aliphatic carbocycles. The van der Waals surface area contributed by atoms with Gasteiger partial charge in [-0.1, -0.05) is 13.8 Å². The molecule has 60 valence electrons. The van der Waals surface area contributed by atoms with Crippen LogP contribution in [0.15, 0.2) is 0 Å². The first-order chi connectivity index (χ1) is 4.52. The van der Waals surface area contributed by atoms with Gasteiger partial charge in [-0.25, -0.2) is 0 Å². The molecular formula is C7H15NOS. The van der Waals surface area contributed by atoms with Crippen LogP contribution in [0.25, 0.3) is 0 Å². The Kier molecular flexibility index (Phi) is 4.36. The summed E-state index contributed by atoms with van der Waals surface area (Å²) < 4.78 is 5.07. The zero-order valence-electron chi connectivity index (χ0n) is 6.76. The van der Waals surface area contributed by atoms with Gasteiger partial charge in [-0.05, 0) is 31.5 Å². The Balaban J connectivity index is 3.43. The minimum Gasteiger partial charge on any atom is -0.468 e. The lowest BCUT2D eigenvalue weighted by molar-refractivity contribution is 0.183. The highest BCUT2D eigenvalue weighted by Gasteiger charge is 2.05. The molecule has 2 nitrogen and oxygen atoms in total. The molecule has 0 saturated heterocycles. The van der Waals surface area contributed by atoms with Crippen molar-refractivity contribution < 1.29 is 4.74 Å². The smallest absolute Gasteiger partial charge is 0.254 e. The van der Waals surface area contributed by atoms with Crippen LogP contribution in [-0.2, 0) is 4.74 Å². The summed E-state index contributed by atoms with van der Waals surface area (Å²) in [6.07, 6.45) is 1.15. The van der Waals surface area contributed by atoms with Crippen LogP contribution in [0.5, 0.6) is 0 Å². The highest BCUT2D eigenvalue weighted by atomic mass is 32.1. The van der Waals surface area contributed by atoms with Crippen LogP contribution in [0.2, 0.25) is 0 Å². The van der Waals surface area contributed by atoms with Crippen molar-refractivity contribution in [3.63, 3.8) is 0 Å². The highest BCUT2D eigenvalue weighted by molar-refractivity contribution is 7.80. The lowest BCUT2D eigenvalue weighted by Crippen LogP contribution is -2.21. The predicted molar refractivity (Wildman–Crippen MR) is 46.8 cm³/mol. The SMILES string of the molecule is CC(C)CC(C)OC(N)=S. The number of thiocarbonyl (C=S) groups is 1. The Bertz CT molecular complexity index is 114. The van der Waals surface area contributed by atoms with Crippen LogP contribution in [0, 0.1) is 5.92 Å². The molecule has 0 saturated carbocycles. The minimum absolute atomic E-state index is 0.146. The van der Waals surface area contributed by atoms with Crippen LogP contribution in [-0.4, -0.2) is 11.3 Å². The molecule has 1 unspecified atom stereocenters. The predicted octanol–water partition coefficient (Wildman–Crippen LogP) is 1.68. The Morgan fingerprint density at radius 3 is 2.30 bits per heavy atom. The zero-order valence-corrected chi connectivity index (χ0v) is 7.57. The largest absolute Gasteiger partial charge is 0.468 e. The molecule has 0 spiro atoms. The Morgan fingerprint density at radius 2 is 2.00 bits per heavy atom. The quantitative estimate of drug-likeness (QED) is 0.640. The van der Waals surface area contributed by atoms with Gasteiger partial charge in [-0.3, -0.25) is 0 Å². The van der Waals surface area contributed by atoms with Crippen molar-refractivity contribution in [3.05, 3.63) is 0 Å². The van der Waals surface area contributed by atoms with Crippen LogP contribution in [0.1, 0.15) is 27.2 Å². The van der Waals surface area contributed by atoms with Crippen molar-refractivity contribution >= 4 is 17.4 Å². The second-order valence-electron chi connectivity index (χ2n) is 2.88. The van der Waals surface area contributed by atoms with E-state index in [1.54, 1.807) is 0 Å². The molecule has 10 heavy (non-hydrogen) atoms. The van der Waals surface area contributed by atoms with E-state index in [1.165, 1.54) is 0 Å². The van der Waals surface area contributed by atoms with Crippen LogP contribution in [0.3, 0.4) is 0 Å². The fourth-order valence-corrected chi connectivity index (χ4v) is 1.07. The zero-order chi connectivity index (χ0) is 8.15. The maximum Gasteiger partial charge on any atom is 0.254 e. The van der Waals surface area contributed by atoms with Crippen molar-refractivity contribution in [1.29, 1.82) is 0 Å². The first kappa shape index (κ1) is 9.69. The van der Waals surface area contributed by atoms with Crippen molar-refractivity contribution in [1.82, 2.24) is 0 Å². The molecule has 0 aliphatic heterocycles. The summed E-state index contributed by atoms with van der Waals surface area (Å²) in [7, 11) is 0. The van der Waals surface area contributed by atoms with Gasteiger partial charge in [0.1, 0.15) is 0 Å². The number of hydrogen-bond donors (Lipinski definition) is 1. The Labute approximate surface area is 67.7 Å². The average Bonchev–Trinajstić information content (AvgIpc) is 1.58. The standard InChI is InChI=1S/C7H15NOS/c1-5(2)4-6(3)9-7(8)10/h5-6H,4H2,1-3H3,(H2,8,10). The summed E-state index contributed by atoms with van der Waals surface area (Å²) in [6, 6.07) is 0. The van der Waals surface area contributed by atoms with Gasteiger partial charge in [0, 0.05) is 0 Å². The summed E-state index contributed by atoms with van der Waals surface area (Å²) in [5.74, 6) is 0.629. The van der Waals surface area contributed by atoms with Gasteiger partial charge in [0.25, 0.3) is 5.17 Å². The maximum absolute atomic E-state index is 5.18. The van der Waals surface area contributed by atoms with Gasteiger partial charge >= 0.3 is 0 Å². The van der Waals surface area contributed by atoms with Gasteiger partial charge in [-0.15, -0.1) is 0 Å². The molecule has 0 fully saturated rings. The molecule has 1 atom stereocenters. The fraction of sp³-hybridized carbons (Fsp3) is 0.857. The summed E-state index contributed by atoms with van der Waals surface area (Å²) in [5.41, 5.74) is 5.18. The van der Waals surface area contributed by atoms with E-state index in [0.29, 0.717) is 5.92 Å². The summed E-state index contributed by atoms with van der Waals surface area (Å²) in [4.78, 5) is 0. The number of nitrogens with two attached hydrogens (primary N) is 1. The van der Waals surface area contributed by atoms with Gasteiger partial charge in [0.05, 0.1) is 6.10 Å². The molecule has 0 aromatic carbocycles. The molecule has 0 aromatic rings. The summed E-state index contributed by atoms with van der Waals surface area (Å²) in [6.45, 7) is 6.25. The lowest BCUT2D eigenvalue weighted by atomic mass is 10.1. The molecule has 0 heterocycles.